The van der Waals surface area contributed by atoms with Crippen molar-refractivity contribution in [3.8, 4) is 0 Å². The lowest BCUT2D eigenvalue weighted by molar-refractivity contribution is 0.624. The van der Waals surface area contributed by atoms with Crippen LogP contribution in [0.2, 0.25) is 0 Å². The topological polar surface area (TPSA) is 109 Å². The maximum atomic E-state index is 13.3. The molecule has 0 amide bonds. The molecule has 1 saturated carbocycles. The van der Waals surface area contributed by atoms with Crippen LogP contribution in [0.5, 0.6) is 0 Å². The van der Waals surface area contributed by atoms with Crippen LogP contribution in [0.25, 0.3) is 0 Å². The van der Waals surface area contributed by atoms with Crippen molar-refractivity contribution in [3.63, 3.8) is 0 Å². The molecule has 4 N–H and O–H groups in total. The van der Waals surface area contributed by atoms with Crippen molar-refractivity contribution in [2.24, 2.45) is 0 Å². The van der Waals surface area contributed by atoms with Crippen molar-refractivity contribution in [1.82, 2.24) is 25.1 Å². The SMILES string of the molecule is Nc1nc(Nc2cc(C3CC3)[nH]n2)nc(N2CCCC2c2ccc(F)cc2)n1. The van der Waals surface area contributed by atoms with E-state index in [1.54, 1.807) is 0 Å². The van der Waals surface area contributed by atoms with Crippen molar-refractivity contribution in [3.05, 3.63) is 47.4 Å². The van der Waals surface area contributed by atoms with Gasteiger partial charge in [0.05, 0.1) is 6.04 Å². The number of benzene rings is 1. The quantitative estimate of drug-likeness (QED) is 0.623. The fourth-order valence-electron chi connectivity index (χ4n) is 3.72. The van der Waals surface area contributed by atoms with Gasteiger partial charge in [0.25, 0.3) is 0 Å². The smallest absolute Gasteiger partial charge is 0.235 e. The van der Waals surface area contributed by atoms with Crippen LogP contribution in [0.4, 0.5) is 28.1 Å². The Morgan fingerprint density at radius 1 is 1.11 bits per heavy atom. The van der Waals surface area contributed by atoms with Gasteiger partial charge in [-0.05, 0) is 43.4 Å². The third kappa shape index (κ3) is 3.35. The highest BCUT2D eigenvalue weighted by molar-refractivity contribution is 5.53. The lowest BCUT2D eigenvalue weighted by Gasteiger charge is -2.25. The number of nitrogen functional groups attached to an aromatic ring is 1. The first-order valence-electron chi connectivity index (χ1n) is 9.52. The van der Waals surface area contributed by atoms with E-state index in [0.717, 1.165) is 30.6 Å². The van der Waals surface area contributed by atoms with Crippen LogP contribution in [-0.4, -0.2) is 31.7 Å². The zero-order valence-electron chi connectivity index (χ0n) is 15.3. The normalized spacial score (nSPS) is 19.2. The molecular weight excluding hydrogens is 359 g/mol. The molecule has 8 nitrogen and oxygen atoms in total. The summed E-state index contributed by atoms with van der Waals surface area (Å²) in [5.74, 6) is 2.03. The standard InChI is InChI=1S/C19H21FN8/c20-13-7-5-12(6-8-13)15-2-1-9-28(15)19-24-17(21)23-18(25-19)22-16-10-14(26-27-16)11-3-4-11/h5-8,10-11,15H,1-4,9H2,(H4,21,22,23,24,25,26,27). The van der Waals surface area contributed by atoms with Gasteiger partial charge in [-0.3, -0.25) is 5.10 Å². The van der Waals surface area contributed by atoms with Crippen LogP contribution in [0.3, 0.4) is 0 Å². The Hall–Kier alpha value is -3.23. The van der Waals surface area contributed by atoms with E-state index in [9.17, 15) is 4.39 Å². The Morgan fingerprint density at radius 3 is 2.71 bits per heavy atom. The number of nitrogens with two attached hydrogens (primary N) is 1. The minimum Gasteiger partial charge on any atom is -0.368 e. The number of halogens is 1. The summed E-state index contributed by atoms with van der Waals surface area (Å²) in [4.78, 5) is 15.2. The molecule has 0 radical (unpaired) electrons. The summed E-state index contributed by atoms with van der Waals surface area (Å²) in [5.41, 5.74) is 8.10. The van der Waals surface area contributed by atoms with Crippen molar-refractivity contribution >= 4 is 23.7 Å². The molecule has 0 spiro atoms. The predicted molar refractivity (Wildman–Crippen MR) is 104 cm³/mol. The first kappa shape index (κ1) is 16.9. The molecule has 2 aliphatic rings. The molecule has 1 aliphatic carbocycles. The summed E-state index contributed by atoms with van der Waals surface area (Å²) in [6, 6.07) is 8.65. The minimum absolute atomic E-state index is 0.0853. The Morgan fingerprint density at radius 2 is 1.93 bits per heavy atom. The number of H-pyrrole nitrogens is 1. The van der Waals surface area contributed by atoms with Crippen LogP contribution in [0.1, 0.15) is 48.9 Å². The van der Waals surface area contributed by atoms with E-state index in [1.165, 1.54) is 25.0 Å². The Balaban J connectivity index is 1.40. The molecule has 144 valence electrons. The van der Waals surface area contributed by atoms with Gasteiger partial charge in [0, 0.05) is 24.2 Å². The molecule has 3 heterocycles. The molecule has 1 aliphatic heterocycles. The molecule has 5 rings (SSSR count). The van der Waals surface area contributed by atoms with Crippen LogP contribution >= 0.6 is 0 Å². The molecular formula is C19H21FN8. The second kappa shape index (κ2) is 6.74. The summed E-state index contributed by atoms with van der Waals surface area (Å²) < 4.78 is 13.3. The monoisotopic (exact) mass is 380 g/mol. The summed E-state index contributed by atoms with van der Waals surface area (Å²) in [7, 11) is 0. The summed E-state index contributed by atoms with van der Waals surface area (Å²) >= 11 is 0. The van der Waals surface area contributed by atoms with E-state index in [2.05, 4.69) is 35.4 Å². The van der Waals surface area contributed by atoms with Gasteiger partial charge in [-0.15, -0.1) is 0 Å². The van der Waals surface area contributed by atoms with Gasteiger partial charge in [-0.2, -0.15) is 20.1 Å². The number of hydrogen-bond donors (Lipinski definition) is 3. The Bertz CT molecular complexity index is 982. The fraction of sp³-hybridized carbons (Fsp3) is 0.368. The van der Waals surface area contributed by atoms with Crippen LogP contribution in [0, 0.1) is 5.82 Å². The van der Waals surface area contributed by atoms with E-state index in [4.69, 9.17) is 5.73 Å². The van der Waals surface area contributed by atoms with Gasteiger partial charge >= 0.3 is 0 Å². The Kier molecular flexibility index (Phi) is 4.07. The molecule has 1 aromatic carbocycles. The number of aromatic nitrogens is 5. The number of nitrogens with zero attached hydrogens (tertiary/aromatic N) is 5. The van der Waals surface area contributed by atoms with Crippen LogP contribution in [0.15, 0.2) is 30.3 Å². The van der Waals surface area contributed by atoms with Crippen LogP contribution in [-0.2, 0) is 0 Å². The lowest BCUT2D eigenvalue weighted by atomic mass is 10.0. The molecule has 2 fully saturated rings. The fourth-order valence-corrected chi connectivity index (χ4v) is 3.72. The van der Waals surface area contributed by atoms with E-state index in [0.29, 0.717) is 23.6 Å². The van der Waals surface area contributed by atoms with Crippen molar-refractivity contribution in [2.45, 2.75) is 37.6 Å². The highest BCUT2D eigenvalue weighted by Gasteiger charge is 2.29. The third-order valence-corrected chi connectivity index (χ3v) is 5.26. The zero-order valence-corrected chi connectivity index (χ0v) is 15.3. The highest BCUT2D eigenvalue weighted by Crippen LogP contribution is 2.40. The molecule has 1 unspecified atom stereocenters. The van der Waals surface area contributed by atoms with E-state index in [1.807, 2.05) is 18.2 Å². The maximum Gasteiger partial charge on any atom is 0.235 e. The summed E-state index contributed by atoms with van der Waals surface area (Å²) in [6.45, 7) is 0.805. The van der Waals surface area contributed by atoms with Gasteiger partial charge in [0.2, 0.25) is 17.8 Å². The predicted octanol–water partition coefficient (Wildman–Crippen LogP) is 3.28. The second-order valence-electron chi connectivity index (χ2n) is 7.33. The molecule has 0 bridgehead atoms. The Labute approximate surface area is 161 Å². The minimum atomic E-state index is -0.242. The van der Waals surface area contributed by atoms with Gasteiger partial charge in [-0.25, -0.2) is 4.39 Å². The van der Waals surface area contributed by atoms with Gasteiger partial charge in [0.15, 0.2) is 5.82 Å². The summed E-state index contributed by atoms with van der Waals surface area (Å²) in [6.07, 6.45) is 4.35. The number of hydrogen-bond acceptors (Lipinski definition) is 7. The molecule has 2 aromatic heterocycles. The van der Waals surface area contributed by atoms with E-state index in [-0.39, 0.29) is 17.8 Å². The van der Waals surface area contributed by atoms with Crippen LogP contribution < -0.4 is 16.0 Å². The lowest BCUT2D eigenvalue weighted by Crippen LogP contribution is -2.25. The molecule has 28 heavy (non-hydrogen) atoms. The number of rotatable bonds is 5. The zero-order chi connectivity index (χ0) is 19.1. The largest absolute Gasteiger partial charge is 0.368 e. The van der Waals surface area contributed by atoms with Crippen molar-refractivity contribution < 1.29 is 4.39 Å². The van der Waals surface area contributed by atoms with Crippen molar-refractivity contribution in [2.75, 3.05) is 22.5 Å². The maximum absolute atomic E-state index is 13.3. The molecule has 1 atom stereocenters. The van der Waals surface area contributed by atoms with E-state index < -0.39 is 0 Å². The third-order valence-electron chi connectivity index (χ3n) is 5.26. The van der Waals surface area contributed by atoms with Gasteiger partial charge < -0.3 is 16.0 Å². The number of anilines is 4. The average molecular weight is 380 g/mol. The number of aromatic amines is 1. The first-order chi connectivity index (χ1) is 13.7. The average Bonchev–Trinajstić information content (AvgIpc) is 3.22. The first-order valence-corrected chi connectivity index (χ1v) is 9.52. The molecule has 1 saturated heterocycles. The second-order valence-corrected chi connectivity index (χ2v) is 7.33. The number of nitrogens with one attached hydrogen (secondary N) is 2. The van der Waals surface area contributed by atoms with Gasteiger partial charge in [0.1, 0.15) is 5.82 Å². The highest BCUT2D eigenvalue weighted by atomic mass is 19.1. The van der Waals surface area contributed by atoms with Crippen molar-refractivity contribution in [1.29, 1.82) is 0 Å². The summed E-state index contributed by atoms with van der Waals surface area (Å²) in [5, 5.41) is 10.4. The molecule has 9 heteroatoms. The van der Waals surface area contributed by atoms with E-state index >= 15 is 0 Å². The van der Waals surface area contributed by atoms with Gasteiger partial charge in [-0.1, -0.05) is 12.1 Å². The molecule has 3 aromatic rings.